The van der Waals surface area contributed by atoms with Crippen molar-refractivity contribution in [1.29, 1.82) is 0 Å². The molecule has 138 valence electrons. The Hall–Kier alpha value is -2.84. The first-order valence-electron chi connectivity index (χ1n) is 7.94. The van der Waals surface area contributed by atoms with Crippen LogP contribution in [-0.2, 0) is 11.3 Å². The largest absolute Gasteiger partial charge is 0.414 e. The van der Waals surface area contributed by atoms with Crippen molar-refractivity contribution in [3.05, 3.63) is 71.1 Å². The molecule has 0 fully saturated rings. The van der Waals surface area contributed by atoms with Crippen LogP contribution in [0.4, 0.5) is 5.69 Å². The lowest BCUT2D eigenvalue weighted by Gasteiger charge is -2.03. The SMILES string of the molecule is O=C(CSc1nnc(CNC(=O)c2ccccc2)o1)Nc1ccc(Cl)cc1. The number of carbonyl (C=O) groups excluding carboxylic acids is 2. The molecule has 3 rings (SSSR count). The van der Waals surface area contributed by atoms with Crippen LogP contribution in [0.3, 0.4) is 0 Å². The lowest BCUT2D eigenvalue weighted by molar-refractivity contribution is -0.113. The molecular formula is C18H15ClN4O3S. The number of rotatable bonds is 7. The van der Waals surface area contributed by atoms with Gasteiger partial charge in [-0.1, -0.05) is 41.6 Å². The Balaban J connectivity index is 1.44. The van der Waals surface area contributed by atoms with Gasteiger partial charge in [0.25, 0.3) is 11.1 Å². The van der Waals surface area contributed by atoms with Gasteiger partial charge in [0.05, 0.1) is 12.3 Å². The van der Waals surface area contributed by atoms with Crippen LogP contribution >= 0.6 is 23.4 Å². The zero-order valence-corrected chi connectivity index (χ0v) is 15.6. The monoisotopic (exact) mass is 402 g/mol. The molecule has 27 heavy (non-hydrogen) atoms. The van der Waals surface area contributed by atoms with E-state index < -0.39 is 0 Å². The molecule has 1 aromatic heterocycles. The third kappa shape index (κ3) is 5.83. The number of amides is 2. The molecule has 2 N–H and O–H groups in total. The van der Waals surface area contributed by atoms with Crippen molar-refractivity contribution in [3.63, 3.8) is 0 Å². The van der Waals surface area contributed by atoms with Crippen LogP contribution in [0.1, 0.15) is 16.2 Å². The van der Waals surface area contributed by atoms with Crippen LogP contribution in [0, 0.1) is 0 Å². The summed E-state index contributed by atoms with van der Waals surface area (Å²) < 4.78 is 5.41. The highest BCUT2D eigenvalue weighted by atomic mass is 35.5. The van der Waals surface area contributed by atoms with Gasteiger partial charge in [-0.25, -0.2) is 0 Å². The summed E-state index contributed by atoms with van der Waals surface area (Å²) in [7, 11) is 0. The average molecular weight is 403 g/mol. The van der Waals surface area contributed by atoms with Crippen LogP contribution in [0.25, 0.3) is 0 Å². The first-order chi connectivity index (χ1) is 13.1. The molecule has 2 aromatic carbocycles. The molecule has 0 aliphatic heterocycles. The number of halogens is 1. The van der Waals surface area contributed by atoms with Gasteiger partial charge in [0.15, 0.2) is 0 Å². The van der Waals surface area contributed by atoms with Crippen LogP contribution in [0.2, 0.25) is 5.02 Å². The first kappa shape index (κ1) is 18.9. The molecule has 3 aromatic rings. The van der Waals surface area contributed by atoms with E-state index in [1.54, 1.807) is 48.5 Å². The van der Waals surface area contributed by atoms with E-state index in [2.05, 4.69) is 20.8 Å². The van der Waals surface area contributed by atoms with E-state index in [1.807, 2.05) is 6.07 Å². The summed E-state index contributed by atoms with van der Waals surface area (Å²) in [6.45, 7) is 0.109. The Bertz CT molecular complexity index is 916. The Morgan fingerprint density at radius 3 is 2.52 bits per heavy atom. The molecule has 9 heteroatoms. The molecular weight excluding hydrogens is 388 g/mol. The van der Waals surface area contributed by atoms with Crippen LogP contribution < -0.4 is 10.6 Å². The summed E-state index contributed by atoms with van der Waals surface area (Å²) >= 11 is 6.91. The van der Waals surface area contributed by atoms with E-state index in [9.17, 15) is 9.59 Å². The Morgan fingerprint density at radius 1 is 1.04 bits per heavy atom. The number of nitrogens with one attached hydrogen (secondary N) is 2. The molecule has 0 saturated carbocycles. The standard InChI is InChI=1S/C18H15ClN4O3S/c19-13-6-8-14(9-7-13)21-15(24)11-27-18-23-22-16(26-18)10-20-17(25)12-4-2-1-3-5-12/h1-9H,10-11H2,(H,20,25)(H,21,24). The van der Waals surface area contributed by atoms with Crippen molar-refractivity contribution in [3.8, 4) is 0 Å². The van der Waals surface area contributed by atoms with Gasteiger partial charge in [0.2, 0.25) is 11.8 Å². The maximum absolute atomic E-state index is 12.0. The highest BCUT2D eigenvalue weighted by molar-refractivity contribution is 7.99. The van der Waals surface area contributed by atoms with E-state index in [0.717, 1.165) is 11.8 Å². The minimum absolute atomic E-state index is 0.109. The van der Waals surface area contributed by atoms with Gasteiger partial charge in [0.1, 0.15) is 0 Å². The van der Waals surface area contributed by atoms with Gasteiger partial charge in [-0.15, -0.1) is 10.2 Å². The number of thioether (sulfide) groups is 1. The summed E-state index contributed by atoms with van der Waals surface area (Å²) in [5.74, 6) is -0.0645. The van der Waals surface area contributed by atoms with Crippen molar-refractivity contribution in [1.82, 2.24) is 15.5 Å². The molecule has 0 bridgehead atoms. The fourth-order valence-corrected chi connectivity index (χ4v) is 2.78. The van der Waals surface area contributed by atoms with Crippen molar-refractivity contribution < 1.29 is 14.0 Å². The van der Waals surface area contributed by atoms with Gasteiger partial charge in [-0.2, -0.15) is 0 Å². The average Bonchev–Trinajstić information content (AvgIpc) is 3.15. The summed E-state index contributed by atoms with van der Waals surface area (Å²) in [5, 5.41) is 14.0. The number of anilines is 1. The number of nitrogens with zero attached hydrogens (tertiary/aromatic N) is 2. The molecule has 1 heterocycles. The molecule has 7 nitrogen and oxygen atoms in total. The van der Waals surface area contributed by atoms with Crippen molar-refractivity contribution in [2.75, 3.05) is 11.1 Å². The molecule has 0 aliphatic carbocycles. The van der Waals surface area contributed by atoms with Crippen LogP contribution in [-0.4, -0.2) is 27.8 Å². The second-order valence-corrected chi connectivity index (χ2v) is 6.72. The zero-order valence-electron chi connectivity index (χ0n) is 14.0. The van der Waals surface area contributed by atoms with Crippen molar-refractivity contribution >= 4 is 40.9 Å². The molecule has 0 spiro atoms. The first-order valence-corrected chi connectivity index (χ1v) is 9.30. The number of aromatic nitrogens is 2. The normalized spacial score (nSPS) is 10.4. The summed E-state index contributed by atoms with van der Waals surface area (Å²) in [5.41, 5.74) is 1.20. The smallest absolute Gasteiger partial charge is 0.277 e. The second kappa shape index (κ2) is 9.20. The Labute approximate surface area is 164 Å². The highest BCUT2D eigenvalue weighted by Crippen LogP contribution is 2.18. The maximum Gasteiger partial charge on any atom is 0.277 e. The summed E-state index contributed by atoms with van der Waals surface area (Å²) in [6, 6.07) is 15.6. The van der Waals surface area contributed by atoms with Gasteiger partial charge in [-0.3, -0.25) is 9.59 Å². The molecule has 0 aliphatic rings. The second-order valence-electron chi connectivity index (χ2n) is 5.35. The minimum Gasteiger partial charge on any atom is -0.414 e. The Morgan fingerprint density at radius 2 is 1.78 bits per heavy atom. The lowest BCUT2D eigenvalue weighted by atomic mass is 10.2. The van der Waals surface area contributed by atoms with Crippen LogP contribution in [0.15, 0.2) is 64.2 Å². The molecule has 0 saturated heterocycles. The summed E-state index contributed by atoms with van der Waals surface area (Å²) in [6.07, 6.45) is 0. The van der Waals surface area contributed by atoms with E-state index >= 15 is 0 Å². The van der Waals surface area contributed by atoms with E-state index in [0.29, 0.717) is 16.3 Å². The number of benzene rings is 2. The quantitative estimate of drug-likeness (QED) is 0.588. The molecule has 0 atom stereocenters. The minimum atomic E-state index is -0.231. The van der Waals surface area contributed by atoms with Crippen LogP contribution in [0.5, 0.6) is 0 Å². The highest BCUT2D eigenvalue weighted by Gasteiger charge is 2.11. The third-order valence-electron chi connectivity index (χ3n) is 3.34. The van der Waals surface area contributed by atoms with E-state index in [-0.39, 0.29) is 35.2 Å². The van der Waals surface area contributed by atoms with Crippen molar-refractivity contribution in [2.45, 2.75) is 11.8 Å². The predicted octanol–water partition coefficient (Wildman–Crippen LogP) is 3.38. The maximum atomic E-state index is 12.0. The number of hydrogen-bond acceptors (Lipinski definition) is 6. The van der Waals surface area contributed by atoms with Gasteiger partial charge < -0.3 is 15.1 Å². The third-order valence-corrected chi connectivity index (χ3v) is 4.41. The van der Waals surface area contributed by atoms with Gasteiger partial charge in [-0.05, 0) is 36.4 Å². The topological polar surface area (TPSA) is 97.1 Å². The lowest BCUT2D eigenvalue weighted by Crippen LogP contribution is -2.22. The zero-order chi connectivity index (χ0) is 19.1. The fourth-order valence-electron chi connectivity index (χ4n) is 2.07. The molecule has 2 amide bonds. The molecule has 0 unspecified atom stereocenters. The van der Waals surface area contributed by atoms with E-state index in [4.69, 9.17) is 16.0 Å². The van der Waals surface area contributed by atoms with Crippen molar-refractivity contribution in [2.24, 2.45) is 0 Å². The molecule has 0 radical (unpaired) electrons. The number of hydrogen-bond donors (Lipinski definition) is 2. The summed E-state index contributed by atoms with van der Waals surface area (Å²) in [4.78, 5) is 23.9. The Kier molecular flexibility index (Phi) is 6.45. The fraction of sp³-hybridized carbons (Fsp3) is 0.111. The van der Waals surface area contributed by atoms with E-state index in [1.165, 1.54) is 0 Å². The predicted molar refractivity (Wildman–Crippen MR) is 103 cm³/mol. The van der Waals surface area contributed by atoms with Gasteiger partial charge >= 0.3 is 0 Å². The number of carbonyl (C=O) groups is 2. The van der Waals surface area contributed by atoms with Gasteiger partial charge in [0, 0.05) is 16.3 Å².